The van der Waals surface area contributed by atoms with Crippen LogP contribution in [0.15, 0.2) is 30.3 Å². The van der Waals surface area contributed by atoms with E-state index in [0.29, 0.717) is 19.6 Å². The molecule has 26 heavy (non-hydrogen) atoms. The molecule has 2 fully saturated rings. The standard InChI is InChI=1S/C19H29N3O3S/c23-19(15-21-10-4-5-11-21)22-12-6-9-18(14-22)13-20-26(24,25)16-17-7-2-1-3-8-17/h1-3,7-8,18,20H,4-6,9-16H2/t18-/m1/s1. The number of rotatable bonds is 7. The number of nitrogens with one attached hydrogen (secondary N) is 1. The van der Waals surface area contributed by atoms with Gasteiger partial charge in [-0.3, -0.25) is 9.69 Å². The molecule has 2 saturated heterocycles. The lowest BCUT2D eigenvalue weighted by Crippen LogP contribution is -2.47. The van der Waals surface area contributed by atoms with Gasteiger partial charge in [-0.1, -0.05) is 30.3 Å². The minimum absolute atomic E-state index is 0.00182. The minimum Gasteiger partial charge on any atom is -0.341 e. The number of hydrogen-bond acceptors (Lipinski definition) is 4. The molecular weight excluding hydrogens is 350 g/mol. The summed E-state index contributed by atoms with van der Waals surface area (Å²) < 4.78 is 27.3. The van der Waals surface area contributed by atoms with Gasteiger partial charge in [0.2, 0.25) is 15.9 Å². The molecule has 0 saturated carbocycles. The van der Waals surface area contributed by atoms with Gasteiger partial charge in [0.05, 0.1) is 12.3 Å². The van der Waals surface area contributed by atoms with Crippen LogP contribution in [0.1, 0.15) is 31.2 Å². The minimum atomic E-state index is -3.35. The SMILES string of the molecule is O=C(CN1CCCC1)N1CCC[C@H](CNS(=O)(=O)Cc2ccccc2)C1. The Morgan fingerprint density at radius 1 is 1.08 bits per heavy atom. The van der Waals surface area contributed by atoms with Crippen LogP contribution in [0.5, 0.6) is 0 Å². The van der Waals surface area contributed by atoms with Crippen molar-refractivity contribution in [3.05, 3.63) is 35.9 Å². The van der Waals surface area contributed by atoms with E-state index < -0.39 is 10.0 Å². The summed E-state index contributed by atoms with van der Waals surface area (Å²) in [4.78, 5) is 16.6. The summed E-state index contributed by atoms with van der Waals surface area (Å²) in [5, 5.41) is 0. The number of piperidine rings is 1. The van der Waals surface area contributed by atoms with Gasteiger partial charge in [-0.05, 0) is 50.3 Å². The average Bonchev–Trinajstić information content (AvgIpc) is 3.14. The summed E-state index contributed by atoms with van der Waals surface area (Å²) >= 11 is 0. The van der Waals surface area contributed by atoms with Crippen LogP contribution in [-0.4, -0.2) is 63.4 Å². The van der Waals surface area contributed by atoms with Crippen LogP contribution in [0.4, 0.5) is 0 Å². The first-order chi connectivity index (χ1) is 12.5. The first-order valence-electron chi connectivity index (χ1n) is 9.53. The van der Waals surface area contributed by atoms with Crippen molar-refractivity contribution in [2.75, 3.05) is 39.3 Å². The Balaban J connectivity index is 1.46. The van der Waals surface area contributed by atoms with Crippen molar-refractivity contribution >= 4 is 15.9 Å². The fraction of sp³-hybridized carbons (Fsp3) is 0.632. The summed E-state index contributed by atoms with van der Waals surface area (Å²) in [6, 6.07) is 9.20. The van der Waals surface area contributed by atoms with Gasteiger partial charge in [0.1, 0.15) is 0 Å². The predicted octanol–water partition coefficient (Wildman–Crippen LogP) is 1.44. The molecule has 6 nitrogen and oxygen atoms in total. The van der Waals surface area contributed by atoms with E-state index in [2.05, 4.69) is 9.62 Å². The molecule has 0 aromatic heterocycles. The van der Waals surface area contributed by atoms with Crippen molar-refractivity contribution in [2.45, 2.75) is 31.4 Å². The fourth-order valence-corrected chi connectivity index (χ4v) is 5.00. The van der Waals surface area contributed by atoms with Crippen molar-refractivity contribution in [3.63, 3.8) is 0 Å². The molecule has 1 aromatic rings. The third-order valence-corrected chi connectivity index (χ3v) is 6.54. The second-order valence-corrected chi connectivity index (χ2v) is 9.23. The van der Waals surface area contributed by atoms with E-state index in [1.165, 1.54) is 12.8 Å². The molecule has 0 aliphatic carbocycles. The van der Waals surface area contributed by atoms with E-state index in [9.17, 15) is 13.2 Å². The lowest BCUT2D eigenvalue weighted by atomic mass is 9.98. The molecular formula is C19H29N3O3S. The van der Waals surface area contributed by atoms with Crippen LogP contribution in [-0.2, 0) is 20.6 Å². The highest BCUT2D eigenvalue weighted by atomic mass is 32.2. The molecule has 0 radical (unpaired) electrons. The quantitative estimate of drug-likeness (QED) is 0.778. The van der Waals surface area contributed by atoms with Crippen molar-refractivity contribution in [2.24, 2.45) is 5.92 Å². The zero-order valence-corrected chi connectivity index (χ0v) is 16.1. The van der Waals surface area contributed by atoms with E-state index in [4.69, 9.17) is 0 Å². The van der Waals surface area contributed by atoms with E-state index in [1.807, 2.05) is 35.2 Å². The Bertz CT molecular complexity index is 687. The molecule has 1 amide bonds. The molecule has 144 valence electrons. The molecule has 2 aliphatic heterocycles. The largest absolute Gasteiger partial charge is 0.341 e. The van der Waals surface area contributed by atoms with E-state index in [-0.39, 0.29) is 17.6 Å². The lowest BCUT2D eigenvalue weighted by molar-refractivity contribution is -0.133. The second-order valence-electron chi connectivity index (χ2n) is 7.42. The van der Waals surface area contributed by atoms with Crippen LogP contribution in [0.3, 0.4) is 0 Å². The highest BCUT2D eigenvalue weighted by molar-refractivity contribution is 7.88. The Hall–Kier alpha value is -1.44. The van der Waals surface area contributed by atoms with Crippen LogP contribution in [0.25, 0.3) is 0 Å². The Morgan fingerprint density at radius 3 is 2.54 bits per heavy atom. The maximum Gasteiger partial charge on any atom is 0.236 e. The first kappa shape index (κ1) is 19.3. The van der Waals surface area contributed by atoms with Crippen LogP contribution in [0.2, 0.25) is 0 Å². The number of benzene rings is 1. The smallest absolute Gasteiger partial charge is 0.236 e. The van der Waals surface area contributed by atoms with E-state index in [0.717, 1.165) is 38.0 Å². The predicted molar refractivity (Wildman–Crippen MR) is 102 cm³/mol. The maximum atomic E-state index is 12.5. The zero-order valence-electron chi connectivity index (χ0n) is 15.3. The van der Waals surface area contributed by atoms with Crippen LogP contribution >= 0.6 is 0 Å². The van der Waals surface area contributed by atoms with Gasteiger partial charge >= 0.3 is 0 Å². The van der Waals surface area contributed by atoms with Gasteiger partial charge in [0, 0.05) is 19.6 Å². The second kappa shape index (κ2) is 8.97. The van der Waals surface area contributed by atoms with Crippen molar-refractivity contribution < 1.29 is 13.2 Å². The van der Waals surface area contributed by atoms with Gasteiger partial charge in [0.25, 0.3) is 0 Å². The molecule has 2 heterocycles. The van der Waals surface area contributed by atoms with Crippen LogP contribution < -0.4 is 4.72 Å². The van der Waals surface area contributed by atoms with Gasteiger partial charge in [0.15, 0.2) is 0 Å². The topological polar surface area (TPSA) is 69.7 Å². The molecule has 0 spiro atoms. The summed E-state index contributed by atoms with van der Waals surface area (Å²) in [5.41, 5.74) is 0.783. The molecule has 1 atom stereocenters. The van der Waals surface area contributed by atoms with Crippen LogP contribution in [0, 0.1) is 5.92 Å². The Labute approximate surface area is 156 Å². The Morgan fingerprint density at radius 2 is 1.81 bits per heavy atom. The third-order valence-electron chi connectivity index (χ3n) is 5.22. The molecule has 2 aliphatic rings. The maximum absolute atomic E-state index is 12.5. The number of hydrogen-bond donors (Lipinski definition) is 1. The fourth-order valence-electron chi connectivity index (χ4n) is 3.78. The Kier molecular flexibility index (Phi) is 6.67. The molecule has 0 bridgehead atoms. The highest BCUT2D eigenvalue weighted by Gasteiger charge is 2.26. The normalized spacial score (nSPS) is 21.8. The number of amides is 1. The highest BCUT2D eigenvalue weighted by Crippen LogP contribution is 2.17. The van der Waals surface area contributed by atoms with Gasteiger partial charge in [-0.2, -0.15) is 0 Å². The lowest BCUT2D eigenvalue weighted by Gasteiger charge is -2.33. The monoisotopic (exact) mass is 379 g/mol. The van der Waals surface area contributed by atoms with Crippen molar-refractivity contribution in [1.29, 1.82) is 0 Å². The average molecular weight is 380 g/mol. The number of sulfonamides is 1. The number of nitrogens with zero attached hydrogens (tertiary/aromatic N) is 2. The molecule has 1 N–H and O–H groups in total. The zero-order chi connectivity index (χ0) is 18.4. The van der Waals surface area contributed by atoms with Gasteiger partial charge < -0.3 is 4.90 Å². The number of likely N-dealkylation sites (tertiary alicyclic amines) is 2. The summed E-state index contributed by atoms with van der Waals surface area (Å²) in [6.07, 6.45) is 4.26. The van der Waals surface area contributed by atoms with Crippen molar-refractivity contribution in [3.8, 4) is 0 Å². The summed E-state index contributed by atoms with van der Waals surface area (Å²) in [6.45, 7) is 4.39. The van der Waals surface area contributed by atoms with E-state index in [1.54, 1.807) is 0 Å². The molecule has 0 unspecified atom stereocenters. The molecule has 1 aromatic carbocycles. The molecule has 3 rings (SSSR count). The van der Waals surface area contributed by atoms with Gasteiger partial charge in [-0.15, -0.1) is 0 Å². The van der Waals surface area contributed by atoms with Gasteiger partial charge in [-0.25, -0.2) is 13.1 Å². The summed E-state index contributed by atoms with van der Waals surface area (Å²) in [5.74, 6) is 0.374. The number of carbonyl (C=O) groups is 1. The number of carbonyl (C=O) groups excluding carboxylic acids is 1. The summed E-state index contributed by atoms with van der Waals surface area (Å²) in [7, 11) is -3.35. The van der Waals surface area contributed by atoms with E-state index >= 15 is 0 Å². The molecule has 7 heteroatoms. The van der Waals surface area contributed by atoms with Crippen molar-refractivity contribution in [1.82, 2.24) is 14.5 Å². The third kappa shape index (κ3) is 5.79. The first-order valence-corrected chi connectivity index (χ1v) is 11.2.